The molecule has 2 aromatic carbocycles. The van der Waals surface area contributed by atoms with Crippen LogP contribution in [0.4, 0.5) is 4.39 Å². The van der Waals surface area contributed by atoms with Gasteiger partial charge in [-0.3, -0.25) is 0 Å². The van der Waals surface area contributed by atoms with Gasteiger partial charge < -0.3 is 9.84 Å². The minimum atomic E-state index is -0.645. The number of halogens is 3. The minimum Gasteiger partial charge on any atom is -0.488 e. The van der Waals surface area contributed by atoms with Crippen molar-refractivity contribution in [1.29, 1.82) is 0 Å². The number of aliphatic hydroxyl groups excluding tert-OH is 1. The third-order valence-electron chi connectivity index (χ3n) is 2.82. The van der Waals surface area contributed by atoms with E-state index in [2.05, 4.69) is 31.9 Å². The molecule has 0 radical (unpaired) electrons. The van der Waals surface area contributed by atoms with Crippen molar-refractivity contribution in [3.05, 3.63) is 62.3 Å². The highest BCUT2D eigenvalue weighted by Gasteiger charge is 2.11. The Morgan fingerprint density at radius 3 is 2.45 bits per heavy atom. The van der Waals surface area contributed by atoms with Crippen LogP contribution < -0.4 is 4.74 Å². The molecule has 20 heavy (non-hydrogen) atoms. The average Bonchev–Trinajstić information content (AvgIpc) is 2.37. The van der Waals surface area contributed by atoms with Crippen LogP contribution in [-0.2, 0) is 6.61 Å². The lowest BCUT2D eigenvalue weighted by Gasteiger charge is -2.14. The molecule has 0 aliphatic heterocycles. The SMILES string of the molecule is C[C@@H](O)c1ccc(Br)cc1OCc1ccc(Br)cc1F. The van der Waals surface area contributed by atoms with Gasteiger partial charge in [-0.05, 0) is 31.2 Å². The van der Waals surface area contributed by atoms with Gasteiger partial charge >= 0.3 is 0 Å². The third kappa shape index (κ3) is 3.81. The lowest BCUT2D eigenvalue weighted by Crippen LogP contribution is -2.02. The van der Waals surface area contributed by atoms with Crippen LogP contribution >= 0.6 is 31.9 Å². The number of benzene rings is 2. The molecule has 1 atom stereocenters. The van der Waals surface area contributed by atoms with Crippen molar-refractivity contribution in [3.8, 4) is 5.75 Å². The van der Waals surface area contributed by atoms with Crippen molar-refractivity contribution >= 4 is 31.9 Å². The highest BCUT2D eigenvalue weighted by Crippen LogP contribution is 2.29. The van der Waals surface area contributed by atoms with E-state index in [1.807, 2.05) is 6.07 Å². The maximum Gasteiger partial charge on any atom is 0.130 e. The molecule has 2 rings (SSSR count). The summed E-state index contributed by atoms with van der Waals surface area (Å²) in [5.74, 6) is 0.213. The fraction of sp³-hybridized carbons (Fsp3) is 0.200. The number of ether oxygens (including phenoxy) is 1. The van der Waals surface area contributed by atoms with E-state index >= 15 is 0 Å². The number of hydrogen-bond donors (Lipinski definition) is 1. The summed E-state index contributed by atoms with van der Waals surface area (Å²) in [6.07, 6.45) is -0.645. The molecule has 0 amide bonds. The molecule has 0 aliphatic carbocycles. The lowest BCUT2D eigenvalue weighted by atomic mass is 10.1. The Bertz CT molecular complexity index is 615. The van der Waals surface area contributed by atoms with Crippen LogP contribution in [0.2, 0.25) is 0 Å². The molecular weight excluding hydrogens is 391 g/mol. The van der Waals surface area contributed by atoms with Gasteiger partial charge in [0.2, 0.25) is 0 Å². The van der Waals surface area contributed by atoms with Crippen LogP contribution in [0.5, 0.6) is 5.75 Å². The first kappa shape index (κ1) is 15.5. The molecule has 2 nitrogen and oxygen atoms in total. The average molecular weight is 404 g/mol. The number of aliphatic hydroxyl groups is 1. The van der Waals surface area contributed by atoms with Gasteiger partial charge in [0.05, 0.1) is 6.10 Å². The summed E-state index contributed by atoms with van der Waals surface area (Å²) in [4.78, 5) is 0. The molecule has 0 saturated carbocycles. The molecular formula is C15H13Br2FO2. The van der Waals surface area contributed by atoms with Crippen LogP contribution in [-0.4, -0.2) is 5.11 Å². The summed E-state index contributed by atoms with van der Waals surface area (Å²) in [6.45, 7) is 1.77. The summed E-state index contributed by atoms with van der Waals surface area (Å²) in [7, 11) is 0. The molecule has 106 valence electrons. The predicted octanol–water partition coefficient (Wildman–Crippen LogP) is 4.98. The predicted molar refractivity (Wildman–Crippen MR) is 83.2 cm³/mol. The Labute approximate surface area is 133 Å². The molecule has 0 unspecified atom stereocenters. The molecule has 0 bridgehead atoms. The first-order valence-electron chi connectivity index (χ1n) is 6.01. The zero-order valence-corrected chi connectivity index (χ0v) is 13.9. The second-order valence-electron chi connectivity index (χ2n) is 4.38. The Balaban J connectivity index is 2.20. The molecule has 0 fully saturated rings. The second kappa shape index (κ2) is 6.70. The highest BCUT2D eigenvalue weighted by atomic mass is 79.9. The van der Waals surface area contributed by atoms with E-state index in [-0.39, 0.29) is 12.4 Å². The van der Waals surface area contributed by atoms with E-state index < -0.39 is 6.10 Å². The van der Waals surface area contributed by atoms with E-state index in [1.165, 1.54) is 6.07 Å². The van der Waals surface area contributed by atoms with Crippen LogP contribution in [0.3, 0.4) is 0 Å². The van der Waals surface area contributed by atoms with E-state index in [0.29, 0.717) is 21.3 Å². The zero-order valence-electron chi connectivity index (χ0n) is 10.7. The van der Waals surface area contributed by atoms with Crippen molar-refractivity contribution in [2.75, 3.05) is 0 Å². The third-order valence-corrected chi connectivity index (χ3v) is 3.81. The van der Waals surface area contributed by atoms with Crippen molar-refractivity contribution in [3.63, 3.8) is 0 Å². The van der Waals surface area contributed by atoms with Gasteiger partial charge in [0.1, 0.15) is 18.2 Å². The molecule has 0 heterocycles. The molecule has 2 aromatic rings. The maximum absolute atomic E-state index is 13.7. The summed E-state index contributed by atoms with van der Waals surface area (Å²) in [5.41, 5.74) is 1.13. The van der Waals surface area contributed by atoms with Gasteiger partial charge in [0.25, 0.3) is 0 Å². The summed E-state index contributed by atoms with van der Waals surface area (Å²) >= 11 is 6.57. The normalized spacial score (nSPS) is 12.2. The van der Waals surface area contributed by atoms with Gasteiger partial charge in [-0.1, -0.05) is 44.0 Å². The van der Waals surface area contributed by atoms with Crippen LogP contribution in [0.25, 0.3) is 0 Å². The second-order valence-corrected chi connectivity index (χ2v) is 6.21. The van der Waals surface area contributed by atoms with Crippen molar-refractivity contribution in [2.24, 2.45) is 0 Å². The minimum absolute atomic E-state index is 0.106. The van der Waals surface area contributed by atoms with E-state index in [9.17, 15) is 9.50 Å². The first-order valence-corrected chi connectivity index (χ1v) is 7.60. The molecule has 5 heteroatoms. The van der Waals surface area contributed by atoms with E-state index in [4.69, 9.17) is 4.74 Å². The quantitative estimate of drug-likeness (QED) is 0.779. The van der Waals surface area contributed by atoms with E-state index in [1.54, 1.807) is 31.2 Å². The van der Waals surface area contributed by atoms with Gasteiger partial charge in [0.15, 0.2) is 0 Å². The Kier molecular flexibility index (Phi) is 5.18. The fourth-order valence-electron chi connectivity index (χ4n) is 1.77. The van der Waals surface area contributed by atoms with Crippen molar-refractivity contribution in [1.82, 2.24) is 0 Å². The smallest absolute Gasteiger partial charge is 0.130 e. The van der Waals surface area contributed by atoms with Gasteiger partial charge in [-0.2, -0.15) is 0 Å². The van der Waals surface area contributed by atoms with E-state index in [0.717, 1.165) is 4.47 Å². The summed E-state index contributed by atoms with van der Waals surface area (Å²) in [6, 6.07) is 10.2. The molecule has 0 spiro atoms. The van der Waals surface area contributed by atoms with Crippen LogP contribution in [0.1, 0.15) is 24.2 Å². The fourth-order valence-corrected chi connectivity index (χ4v) is 2.45. The Hall–Kier alpha value is -0.910. The van der Waals surface area contributed by atoms with Gasteiger partial charge in [-0.15, -0.1) is 0 Å². The van der Waals surface area contributed by atoms with Crippen molar-refractivity contribution in [2.45, 2.75) is 19.6 Å². The number of hydrogen-bond acceptors (Lipinski definition) is 2. The maximum atomic E-state index is 13.7. The molecule has 0 aliphatic rings. The summed E-state index contributed by atoms with van der Waals surface area (Å²) < 4.78 is 20.9. The largest absolute Gasteiger partial charge is 0.488 e. The molecule has 0 saturated heterocycles. The Morgan fingerprint density at radius 1 is 1.15 bits per heavy atom. The topological polar surface area (TPSA) is 29.5 Å². The van der Waals surface area contributed by atoms with Gasteiger partial charge in [0, 0.05) is 20.1 Å². The molecule has 0 aromatic heterocycles. The van der Waals surface area contributed by atoms with Gasteiger partial charge in [-0.25, -0.2) is 4.39 Å². The monoisotopic (exact) mass is 402 g/mol. The zero-order chi connectivity index (χ0) is 14.7. The van der Waals surface area contributed by atoms with Crippen molar-refractivity contribution < 1.29 is 14.2 Å². The number of rotatable bonds is 4. The lowest BCUT2D eigenvalue weighted by molar-refractivity contribution is 0.190. The first-order chi connectivity index (χ1) is 9.47. The standard InChI is InChI=1S/C15H13Br2FO2/c1-9(19)13-5-4-12(17)7-15(13)20-8-10-2-3-11(16)6-14(10)18/h2-7,9,19H,8H2,1H3/t9-/m1/s1. The Morgan fingerprint density at radius 2 is 1.80 bits per heavy atom. The highest BCUT2D eigenvalue weighted by molar-refractivity contribution is 9.10. The summed E-state index contributed by atoms with van der Waals surface area (Å²) in [5, 5.41) is 9.71. The molecule has 1 N–H and O–H groups in total. The van der Waals surface area contributed by atoms with Crippen LogP contribution in [0.15, 0.2) is 45.3 Å². The van der Waals surface area contributed by atoms with Crippen LogP contribution in [0, 0.1) is 5.82 Å².